The summed E-state index contributed by atoms with van der Waals surface area (Å²) in [4.78, 5) is 40.9. The van der Waals surface area contributed by atoms with E-state index in [0.717, 1.165) is 81.0 Å². The van der Waals surface area contributed by atoms with Crippen LogP contribution in [0.2, 0.25) is 0 Å². The van der Waals surface area contributed by atoms with Gasteiger partial charge in [0.2, 0.25) is 5.88 Å². The van der Waals surface area contributed by atoms with Crippen LogP contribution in [-0.2, 0) is 19.5 Å². The minimum atomic E-state index is -4.63. The minimum Gasteiger partial charge on any atom is -0.491 e. The molecule has 18 nitrogen and oxygen atoms in total. The average Bonchev–Trinajstić information content (AvgIpc) is 4.03. The molecule has 0 bridgehead atoms. The van der Waals surface area contributed by atoms with Crippen molar-refractivity contribution in [2.75, 3.05) is 67.7 Å². The Labute approximate surface area is 419 Å². The first-order valence-electron chi connectivity index (χ1n) is 25.4. The third-order valence-corrected chi connectivity index (χ3v) is 17.4. The highest BCUT2D eigenvalue weighted by Gasteiger charge is 2.50. The molecule has 3 atom stereocenters. The molecular weight excluding hydrogens is 941 g/mol. The highest BCUT2D eigenvalue weighted by atomic mass is 32.2. The number of aliphatic hydroxyl groups is 1. The zero-order valence-electron chi connectivity index (χ0n) is 41.0. The molecule has 19 heteroatoms. The number of rotatable bonds is 13. The zero-order valence-corrected chi connectivity index (χ0v) is 41.9. The van der Waals surface area contributed by atoms with Gasteiger partial charge in [0.1, 0.15) is 28.9 Å². The van der Waals surface area contributed by atoms with E-state index in [4.69, 9.17) is 23.9 Å². The van der Waals surface area contributed by atoms with Crippen LogP contribution in [0.5, 0.6) is 11.6 Å². The number of hydrogen-bond acceptors (Lipinski definition) is 15. The Morgan fingerprint density at radius 1 is 0.972 bits per heavy atom. The number of H-pyrrole nitrogens is 1. The summed E-state index contributed by atoms with van der Waals surface area (Å²) in [7, 11) is -4.63. The fraction of sp³-hybridized carbons (Fsp3) is 0.509. The number of aromatic nitrogens is 2. The fourth-order valence-electron chi connectivity index (χ4n) is 12.1. The fourth-order valence-corrected chi connectivity index (χ4v) is 13.0. The number of benzene rings is 3. The summed E-state index contributed by atoms with van der Waals surface area (Å²) in [6, 6.07) is 21.5. The Kier molecular flexibility index (Phi) is 12.8. The molecule has 4 N–H and O–H groups in total. The van der Waals surface area contributed by atoms with Crippen LogP contribution in [0.15, 0.2) is 83.9 Å². The van der Waals surface area contributed by atoms with Gasteiger partial charge in [0.15, 0.2) is 0 Å². The van der Waals surface area contributed by atoms with Crippen LogP contribution >= 0.6 is 0 Å². The van der Waals surface area contributed by atoms with Crippen LogP contribution in [0.1, 0.15) is 94.1 Å². The Hall–Kier alpha value is -5.99. The van der Waals surface area contributed by atoms with Crippen molar-refractivity contribution in [3.63, 3.8) is 0 Å². The van der Waals surface area contributed by atoms with Gasteiger partial charge in [-0.15, -0.1) is 0 Å². The predicted molar refractivity (Wildman–Crippen MR) is 272 cm³/mol. The molecule has 3 aromatic carbocycles. The molecule has 0 radical (unpaired) electrons. The van der Waals surface area contributed by atoms with Gasteiger partial charge in [0.25, 0.3) is 21.6 Å². The van der Waals surface area contributed by atoms with Crippen molar-refractivity contribution >= 4 is 55.4 Å². The van der Waals surface area contributed by atoms with Crippen molar-refractivity contribution < 1.29 is 42.2 Å². The number of para-hydroxylation sites is 1. The van der Waals surface area contributed by atoms with E-state index >= 15 is 0 Å². The number of amides is 1. The molecule has 382 valence electrons. The highest BCUT2D eigenvalue weighted by molar-refractivity contribution is 7.90. The molecule has 11 rings (SSSR count). The molecule has 1 spiro atoms. The Morgan fingerprint density at radius 3 is 2.54 bits per heavy atom. The van der Waals surface area contributed by atoms with Crippen LogP contribution in [0.4, 0.5) is 28.4 Å². The first-order chi connectivity index (χ1) is 34.6. The molecule has 5 aromatic rings. The quantitative estimate of drug-likeness (QED) is 0.0653. The number of morpholine rings is 1. The number of aromatic amines is 1. The minimum absolute atomic E-state index is 0.0662. The first kappa shape index (κ1) is 48.3. The number of pyridine rings is 1. The van der Waals surface area contributed by atoms with Gasteiger partial charge in [-0.3, -0.25) is 19.8 Å². The molecule has 2 saturated carbocycles. The van der Waals surface area contributed by atoms with Crippen molar-refractivity contribution in [2.45, 2.75) is 113 Å². The molecule has 72 heavy (non-hydrogen) atoms. The normalized spacial score (nSPS) is 25.4. The van der Waals surface area contributed by atoms with Gasteiger partial charge in [0, 0.05) is 61.1 Å². The van der Waals surface area contributed by atoms with E-state index in [2.05, 4.69) is 56.9 Å². The van der Waals surface area contributed by atoms with Gasteiger partial charge in [-0.1, -0.05) is 18.2 Å². The predicted octanol–water partition coefficient (Wildman–Crippen LogP) is 7.85. The lowest BCUT2D eigenvalue weighted by molar-refractivity contribution is -0.384. The number of nitro groups is 1. The van der Waals surface area contributed by atoms with Crippen molar-refractivity contribution in [3.8, 4) is 11.6 Å². The zero-order chi connectivity index (χ0) is 49.9. The summed E-state index contributed by atoms with van der Waals surface area (Å²) in [5.41, 5.74) is 3.09. The lowest BCUT2D eigenvalue weighted by atomic mass is 9.59. The molecule has 1 amide bonds. The number of ether oxygens (including phenoxy) is 4. The Bertz CT molecular complexity index is 2960. The molecule has 2 aliphatic carbocycles. The topological polar surface area (TPSA) is 214 Å². The van der Waals surface area contributed by atoms with Crippen molar-refractivity contribution in [2.24, 2.45) is 11.3 Å². The molecule has 5 fully saturated rings. The van der Waals surface area contributed by atoms with Gasteiger partial charge in [-0.25, -0.2) is 13.1 Å². The summed E-state index contributed by atoms with van der Waals surface area (Å²) in [6.07, 6.45) is 8.42. The van der Waals surface area contributed by atoms with Crippen molar-refractivity contribution in [1.29, 1.82) is 0 Å². The lowest BCUT2D eigenvalue weighted by Gasteiger charge is -2.57. The van der Waals surface area contributed by atoms with Crippen LogP contribution in [0.3, 0.4) is 0 Å². The maximum atomic E-state index is 14.6. The van der Waals surface area contributed by atoms with Crippen LogP contribution in [-0.4, -0.2) is 122 Å². The van der Waals surface area contributed by atoms with Gasteiger partial charge >= 0.3 is 0 Å². The number of piperidine rings is 1. The SMILES string of the molecule is CC(C)Oc1ccccc1[C@@H]1COCCN1C1CC2(CCN(c3ccc(C(=O)NS(=O)(=O)c4ccc(NCC5CCC(C)(O)CC5)c([N+](=O)[O-])c4)c(N4c5cc6cc[nH]c6nc5O[C@@H]5COC[C@H]54)c3)CC2)C1. The Balaban J connectivity index is 0.852. The van der Waals surface area contributed by atoms with Crippen LogP contribution < -0.4 is 29.3 Å². The lowest BCUT2D eigenvalue weighted by Crippen LogP contribution is -2.57. The second-order valence-corrected chi connectivity index (χ2v) is 23.0. The Morgan fingerprint density at radius 2 is 1.76 bits per heavy atom. The summed E-state index contributed by atoms with van der Waals surface area (Å²) < 4.78 is 55.3. The smallest absolute Gasteiger partial charge is 0.293 e. The van der Waals surface area contributed by atoms with E-state index in [0.29, 0.717) is 68.2 Å². The van der Waals surface area contributed by atoms with Gasteiger partial charge in [0.05, 0.1) is 71.3 Å². The molecule has 3 saturated heterocycles. The summed E-state index contributed by atoms with van der Waals surface area (Å²) in [5.74, 6) is 0.568. The number of carbonyl (C=O) groups is 1. The molecule has 0 unspecified atom stereocenters. The summed E-state index contributed by atoms with van der Waals surface area (Å²) >= 11 is 0. The van der Waals surface area contributed by atoms with Crippen molar-refractivity contribution in [3.05, 3.63) is 100 Å². The molecule has 6 aliphatic rings. The molecule has 4 aliphatic heterocycles. The van der Waals surface area contributed by atoms with E-state index in [-0.39, 0.29) is 47.4 Å². The largest absolute Gasteiger partial charge is 0.491 e. The van der Waals surface area contributed by atoms with Crippen LogP contribution in [0.25, 0.3) is 11.0 Å². The van der Waals surface area contributed by atoms with E-state index < -0.39 is 43.1 Å². The third kappa shape index (κ3) is 9.45. The van der Waals surface area contributed by atoms with Gasteiger partial charge < -0.3 is 44.2 Å². The van der Waals surface area contributed by atoms with Gasteiger partial charge in [-0.2, -0.15) is 4.98 Å². The van der Waals surface area contributed by atoms with Crippen molar-refractivity contribution in [1.82, 2.24) is 19.6 Å². The number of hydrogen-bond donors (Lipinski definition) is 4. The monoisotopic (exact) mass is 1000 g/mol. The van der Waals surface area contributed by atoms with E-state index in [9.17, 15) is 28.4 Å². The second kappa shape index (κ2) is 19.1. The van der Waals surface area contributed by atoms with E-state index in [1.165, 1.54) is 17.7 Å². The number of nitrogens with one attached hydrogen (secondary N) is 3. The molecular formula is C53H64N8O10S. The number of anilines is 4. The number of sulfonamides is 1. The van der Waals surface area contributed by atoms with Gasteiger partial charge in [-0.05, 0) is 132 Å². The summed E-state index contributed by atoms with van der Waals surface area (Å²) in [5, 5.41) is 26.7. The average molecular weight is 1010 g/mol. The number of fused-ring (bicyclic) bond motifs is 3. The highest BCUT2D eigenvalue weighted by Crippen LogP contribution is 2.54. The number of nitrogens with zero attached hydrogens (tertiary/aromatic N) is 5. The number of nitro benzene ring substituents is 1. The molecule has 2 aromatic heterocycles. The van der Waals surface area contributed by atoms with Crippen LogP contribution in [0, 0.1) is 21.4 Å². The maximum absolute atomic E-state index is 14.6. The summed E-state index contributed by atoms with van der Waals surface area (Å²) in [6.45, 7) is 10.8. The standard InChI is InChI=1S/C53H64N8O10S/c1-33(2)70-47-7-5-4-6-39(47)45-30-68-23-22-59(45)37-27-53(28-37)17-20-58(21-18-53)36-8-10-40(42(25-36)60-44-24-35-14-19-54-49(35)56-51(44)71-48-32-69-31-46(48)60)50(62)57-72(66,67)38-9-11-41(43(26-38)61(64)65)55-29-34-12-15-52(3,63)16-13-34/h4-11,14,19,24-26,33-34,37,45-46,48,55,63H,12-13,15-18,20-23,27-32H2,1-3H3,(H,54,56)(H,57,62)/t34?,45-,46+,48+,52?/m0/s1. The number of carbonyl (C=O) groups excluding carboxylic acids is 1. The third-order valence-electron chi connectivity index (χ3n) is 16.1. The van der Waals surface area contributed by atoms with E-state index in [1.807, 2.05) is 42.2 Å². The molecule has 6 heterocycles. The first-order valence-corrected chi connectivity index (χ1v) is 26.9. The second-order valence-electron chi connectivity index (χ2n) is 21.3. The van der Waals surface area contributed by atoms with E-state index in [1.54, 1.807) is 12.3 Å². The maximum Gasteiger partial charge on any atom is 0.293 e.